The molecule has 1 heterocycles. The molecule has 63 heavy (non-hydrogen) atoms. The van der Waals surface area contributed by atoms with E-state index in [4.69, 9.17) is 9.47 Å². The molecule has 1 rings (SSSR count). The number of aliphatic hydroxyl groups excluding tert-OH is 5. The highest BCUT2D eigenvalue weighted by atomic mass is 32.3. The molecular weight excluding hydrogens is 827 g/mol. The van der Waals surface area contributed by atoms with Crippen LogP contribution in [0.3, 0.4) is 0 Å². The summed E-state index contributed by atoms with van der Waals surface area (Å²) in [7, 11) is -5.12. The normalized spacial score (nSPS) is 21.2. The first-order chi connectivity index (χ1) is 30.4. The van der Waals surface area contributed by atoms with Crippen molar-refractivity contribution in [1.82, 2.24) is 5.32 Å². The Morgan fingerprint density at radius 1 is 0.635 bits per heavy atom. The summed E-state index contributed by atoms with van der Waals surface area (Å²) in [5.41, 5.74) is 0. The first-order valence-corrected chi connectivity index (χ1v) is 26.3. The minimum absolute atomic E-state index is 0.230. The van der Waals surface area contributed by atoms with Crippen molar-refractivity contribution in [2.75, 3.05) is 13.2 Å². The van der Waals surface area contributed by atoms with Crippen LogP contribution in [-0.2, 0) is 28.9 Å². The molecule has 1 fully saturated rings. The Kier molecular flexibility index (Phi) is 37.1. The number of hydrogen-bond acceptors (Lipinski definition) is 11. The fraction of sp³-hybridized carbons (Fsp3) is 0.857. The van der Waals surface area contributed by atoms with Gasteiger partial charge in [0.2, 0.25) is 5.91 Å². The molecule has 1 saturated heterocycles. The van der Waals surface area contributed by atoms with E-state index < -0.39 is 78.5 Å². The van der Waals surface area contributed by atoms with Crippen LogP contribution in [0, 0.1) is 0 Å². The van der Waals surface area contributed by atoms with Gasteiger partial charge in [0, 0.05) is 0 Å². The number of carbonyl (C=O) groups is 1. The molecule has 1 amide bonds. The summed E-state index contributed by atoms with van der Waals surface area (Å²) in [6.45, 7) is 3.19. The average molecular weight is 918 g/mol. The number of hydrogen-bond donors (Lipinski definition) is 7. The van der Waals surface area contributed by atoms with Crippen LogP contribution in [0.5, 0.6) is 0 Å². The van der Waals surface area contributed by atoms with Crippen LogP contribution in [0.4, 0.5) is 0 Å². The zero-order valence-electron chi connectivity index (χ0n) is 39.3. The number of aliphatic hydroxyl groups is 5. The number of allylic oxidation sites excluding steroid dienone is 5. The number of carbonyl (C=O) groups excluding carboxylic acids is 1. The van der Waals surface area contributed by atoms with Crippen molar-refractivity contribution in [3.05, 3.63) is 36.5 Å². The van der Waals surface area contributed by atoms with E-state index in [1.54, 1.807) is 6.08 Å². The van der Waals surface area contributed by atoms with Crippen LogP contribution in [-0.4, -0.2) is 107 Å². The molecule has 0 aliphatic carbocycles. The van der Waals surface area contributed by atoms with Gasteiger partial charge in [-0.3, -0.25) is 9.35 Å². The molecule has 13 nitrogen and oxygen atoms in total. The zero-order chi connectivity index (χ0) is 46.4. The predicted molar refractivity (Wildman–Crippen MR) is 251 cm³/mol. The lowest BCUT2D eigenvalue weighted by atomic mass is 9.99. The van der Waals surface area contributed by atoms with Gasteiger partial charge in [0.1, 0.15) is 30.5 Å². The summed E-state index contributed by atoms with van der Waals surface area (Å²) < 4.78 is 47.5. The molecule has 8 atom stereocenters. The van der Waals surface area contributed by atoms with Crippen molar-refractivity contribution in [3.63, 3.8) is 0 Å². The second kappa shape index (κ2) is 39.4. The SMILES string of the molecule is CCCCCCCCC/C=C/CC/C=C/C(O)C(COC1OC(CO)C(O)C(OS(=O)(=O)O)C1O)NC(=O)C(O)CCCCCCCC/C=C\CCCCCCCCCCCCC. The third kappa shape index (κ3) is 31.8. The molecule has 1 aliphatic heterocycles. The number of unbranched alkanes of at least 4 members (excludes halogenated alkanes) is 25. The Balaban J connectivity index is 2.51. The lowest BCUT2D eigenvalue weighted by Crippen LogP contribution is -2.61. The second-order valence-electron chi connectivity index (χ2n) is 17.5. The van der Waals surface area contributed by atoms with Gasteiger partial charge in [0.05, 0.1) is 25.4 Å². The van der Waals surface area contributed by atoms with Crippen molar-refractivity contribution in [1.29, 1.82) is 0 Å². The summed E-state index contributed by atoms with van der Waals surface area (Å²) in [5, 5.41) is 55.2. The molecule has 370 valence electrons. The summed E-state index contributed by atoms with van der Waals surface area (Å²) in [6.07, 6.45) is 35.2. The highest BCUT2D eigenvalue weighted by Gasteiger charge is 2.48. The minimum atomic E-state index is -5.12. The lowest BCUT2D eigenvalue weighted by Gasteiger charge is -2.41. The Hall–Kier alpha value is -1.72. The number of ether oxygens (including phenoxy) is 2. The van der Waals surface area contributed by atoms with Gasteiger partial charge in [-0.15, -0.1) is 0 Å². The van der Waals surface area contributed by atoms with E-state index in [0.717, 1.165) is 64.2 Å². The van der Waals surface area contributed by atoms with E-state index in [-0.39, 0.29) is 6.42 Å². The van der Waals surface area contributed by atoms with Crippen LogP contribution < -0.4 is 5.32 Å². The van der Waals surface area contributed by atoms with Crippen molar-refractivity contribution < 1.29 is 57.0 Å². The molecular formula is C49H91NO12S. The van der Waals surface area contributed by atoms with E-state index in [1.165, 1.54) is 115 Å². The van der Waals surface area contributed by atoms with Crippen molar-refractivity contribution >= 4 is 16.3 Å². The molecule has 0 bridgehead atoms. The fourth-order valence-electron chi connectivity index (χ4n) is 7.77. The Morgan fingerprint density at radius 2 is 1.06 bits per heavy atom. The number of amides is 1. The van der Waals surface area contributed by atoms with Gasteiger partial charge in [0.25, 0.3) is 0 Å². The summed E-state index contributed by atoms with van der Waals surface area (Å²) in [6, 6.07) is -1.14. The van der Waals surface area contributed by atoms with Gasteiger partial charge in [-0.1, -0.05) is 185 Å². The molecule has 0 saturated carbocycles. The fourth-order valence-corrected chi connectivity index (χ4v) is 8.27. The molecule has 0 aromatic carbocycles. The van der Waals surface area contributed by atoms with E-state index in [1.807, 2.05) is 0 Å². The van der Waals surface area contributed by atoms with Gasteiger partial charge in [-0.25, -0.2) is 4.18 Å². The Labute approximate surface area is 382 Å². The second-order valence-corrected chi connectivity index (χ2v) is 18.6. The van der Waals surface area contributed by atoms with E-state index in [2.05, 4.69) is 47.7 Å². The van der Waals surface area contributed by atoms with E-state index in [9.17, 15) is 43.3 Å². The third-order valence-corrected chi connectivity index (χ3v) is 12.2. The summed E-state index contributed by atoms with van der Waals surface area (Å²) >= 11 is 0. The molecule has 14 heteroatoms. The zero-order valence-corrected chi connectivity index (χ0v) is 40.1. The van der Waals surface area contributed by atoms with Crippen LogP contribution in [0.25, 0.3) is 0 Å². The standard InChI is InChI=1S/C49H91NO12S/c1-3-5-7-9-11-13-15-17-18-19-20-21-22-23-24-26-28-30-32-34-36-38-43(53)48(56)50-41(42(52)37-35-33-31-29-27-25-16-14-12-10-8-6-4-2)40-60-49-46(55)47(62-63(57,58)59)45(54)44(39-51)61-49/h22-23,27,29,35,37,41-47,49,51-55H,3-21,24-26,28,30-34,36,38-40H2,1-2H3,(H,50,56)(H,57,58,59)/b23-22-,29-27+,37-35+. The maximum Gasteiger partial charge on any atom is 0.397 e. The monoisotopic (exact) mass is 918 g/mol. The molecule has 1 aliphatic rings. The van der Waals surface area contributed by atoms with Gasteiger partial charge in [-0.05, 0) is 57.8 Å². The summed E-state index contributed by atoms with van der Waals surface area (Å²) in [5.74, 6) is -0.717. The van der Waals surface area contributed by atoms with E-state index in [0.29, 0.717) is 12.8 Å². The molecule has 8 unspecified atom stereocenters. The topological polar surface area (TPSA) is 212 Å². The average Bonchev–Trinajstić information content (AvgIpc) is 3.25. The highest BCUT2D eigenvalue weighted by Crippen LogP contribution is 2.26. The van der Waals surface area contributed by atoms with Crippen molar-refractivity contribution in [3.8, 4) is 0 Å². The van der Waals surface area contributed by atoms with Crippen LogP contribution in [0.1, 0.15) is 206 Å². The Morgan fingerprint density at radius 3 is 1.52 bits per heavy atom. The van der Waals surface area contributed by atoms with Crippen LogP contribution >= 0.6 is 0 Å². The molecule has 0 radical (unpaired) electrons. The largest absolute Gasteiger partial charge is 0.397 e. The first kappa shape index (κ1) is 59.3. The van der Waals surface area contributed by atoms with Gasteiger partial charge in [0.15, 0.2) is 6.29 Å². The van der Waals surface area contributed by atoms with Gasteiger partial charge >= 0.3 is 10.4 Å². The molecule has 0 spiro atoms. The number of rotatable bonds is 42. The predicted octanol–water partition coefficient (Wildman–Crippen LogP) is 9.25. The molecule has 0 aromatic rings. The minimum Gasteiger partial charge on any atom is -0.394 e. The Bertz CT molecular complexity index is 1280. The first-order valence-electron chi connectivity index (χ1n) is 25.0. The van der Waals surface area contributed by atoms with E-state index >= 15 is 0 Å². The lowest BCUT2D eigenvalue weighted by molar-refractivity contribution is -0.298. The molecule has 7 N–H and O–H groups in total. The van der Waals surface area contributed by atoms with Crippen LogP contribution in [0.2, 0.25) is 0 Å². The van der Waals surface area contributed by atoms with Crippen LogP contribution in [0.15, 0.2) is 36.5 Å². The van der Waals surface area contributed by atoms with Crippen molar-refractivity contribution in [2.24, 2.45) is 0 Å². The summed E-state index contributed by atoms with van der Waals surface area (Å²) in [4.78, 5) is 13.1. The van der Waals surface area contributed by atoms with Gasteiger partial charge < -0.3 is 40.3 Å². The van der Waals surface area contributed by atoms with Gasteiger partial charge in [-0.2, -0.15) is 8.42 Å². The van der Waals surface area contributed by atoms with Crippen molar-refractivity contribution in [2.45, 2.75) is 255 Å². The maximum absolute atomic E-state index is 13.1. The molecule has 0 aromatic heterocycles. The highest BCUT2D eigenvalue weighted by molar-refractivity contribution is 7.80. The number of nitrogens with one attached hydrogen (secondary N) is 1. The third-order valence-electron chi connectivity index (χ3n) is 11.8. The quantitative estimate of drug-likeness (QED) is 0.0174. The smallest absolute Gasteiger partial charge is 0.394 e. The maximum atomic E-state index is 13.1.